The summed E-state index contributed by atoms with van der Waals surface area (Å²) in [5.41, 5.74) is 2.07. The summed E-state index contributed by atoms with van der Waals surface area (Å²) in [7, 11) is -3.21. The molecule has 0 saturated carbocycles. The van der Waals surface area contributed by atoms with E-state index in [-0.39, 0.29) is 6.04 Å². The molecule has 1 N–H and O–H groups in total. The van der Waals surface area contributed by atoms with Crippen molar-refractivity contribution in [2.24, 2.45) is 0 Å². The Bertz CT molecular complexity index is 770. The minimum Gasteiger partial charge on any atom is -0.323 e. The third-order valence-corrected chi connectivity index (χ3v) is 4.56. The van der Waals surface area contributed by atoms with Crippen LogP contribution in [0.1, 0.15) is 18.4 Å². The predicted octanol–water partition coefficient (Wildman–Crippen LogP) is 1.56. The van der Waals surface area contributed by atoms with E-state index in [0.717, 1.165) is 24.9 Å². The molecule has 1 aliphatic heterocycles. The van der Waals surface area contributed by atoms with Gasteiger partial charge in [-0.15, -0.1) is 0 Å². The van der Waals surface area contributed by atoms with Gasteiger partial charge in [-0.2, -0.15) is 4.98 Å². The first kappa shape index (κ1) is 15.9. The van der Waals surface area contributed by atoms with Gasteiger partial charge in [0.15, 0.2) is 0 Å². The molecule has 1 unspecified atom stereocenters. The van der Waals surface area contributed by atoms with Crippen LogP contribution < -0.4 is 9.62 Å². The summed E-state index contributed by atoms with van der Waals surface area (Å²) in [6.45, 7) is 3.33. The minimum absolute atomic E-state index is 0.131. The summed E-state index contributed by atoms with van der Waals surface area (Å²) in [6, 6.07) is 8.20. The lowest BCUT2D eigenvalue weighted by Gasteiger charge is -2.31. The van der Waals surface area contributed by atoms with E-state index in [1.807, 2.05) is 36.1 Å². The quantitative estimate of drug-likeness (QED) is 0.911. The van der Waals surface area contributed by atoms with E-state index in [1.54, 1.807) is 0 Å². The number of piperidine rings is 1. The number of nitrogens with zero attached hydrogens (tertiary/aromatic N) is 3. The fourth-order valence-electron chi connectivity index (χ4n) is 2.71. The zero-order valence-electron chi connectivity index (χ0n) is 13.2. The maximum atomic E-state index is 11.4. The summed E-state index contributed by atoms with van der Waals surface area (Å²) in [6.07, 6.45) is 2.85. The number of aromatic nitrogens is 2. The van der Waals surface area contributed by atoms with Crippen LogP contribution in [0, 0.1) is 6.92 Å². The smallest absolute Gasteiger partial charge is 0.323 e. The molecule has 1 fully saturated rings. The number of benzene rings is 1. The predicted molar refractivity (Wildman–Crippen MR) is 87.7 cm³/mol. The van der Waals surface area contributed by atoms with Gasteiger partial charge < -0.3 is 9.42 Å². The van der Waals surface area contributed by atoms with E-state index in [2.05, 4.69) is 14.9 Å². The number of anilines is 1. The van der Waals surface area contributed by atoms with Crippen LogP contribution in [-0.4, -0.2) is 43.9 Å². The molecule has 124 valence electrons. The molecular weight excluding hydrogens is 316 g/mol. The number of hydrogen-bond donors (Lipinski definition) is 1. The molecule has 0 spiro atoms. The van der Waals surface area contributed by atoms with Crippen molar-refractivity contribution in [2.45, 2.75) is 25.8 Å². The highest BCUT2D eigenvalue weighted by Gasteiger charge is 2.25. The van der Waals surface area contributed by atoms with E-state index in [9.17, 15) is 8.42 Å². The van der Waals surface area contributed by atoms with Crippen LogP contribution in [0.25, 0.3) is 11.4 Å². The molecule has 2 heterocycles. The highest BCUT2D eigenvalue weighted by Crippen LogP contribution is 2.23. The van der Waals surface area contributed by atoms with E-state index in [4.69, 9.17) is 4.52 Å². The Morgan fingerprint density at radius 2 is 2.04 bits per heavy atom. The third kappa shape index (κ3) is 4.08. The van der Waals surface area contributed by atoms with Gasteiger partial charge in [0.05, 0.1) is 6.26 Å². The van der Waals surface area contributed by atoms with Gasteiger partial charge >= 0.3 is 6.01 Å². The second-order valence-electron chi connectivity index (χ2n) is 5.94. The summed E-state index contributed by atoms with van der Waals surface area (Å²) in [5.74, 6) is 0.540. The highest BCUT2D eigenvalue weighted by atomic mass is 32.2. The molecule has 23 heavy (non-hydrogen) atoms. The van der Waals surface area contributed by atoms with Crippen LogP contribution in [0.3, 0.4) is 0 Å². The van der Waals surface area contributed by atoms with Crippen LogP contribution in [-0.2, 0) is 10.0 Å². The Balaban J connectivity index is 1.73. The molecule has 1 aromatic carbocycles. The van der Waals surface area contributed by atoms with Crippen molar-refractivity contribution in [3.63, 3.8) is 0 Å². The van der Waals surface area contributed by atoms with Crippen molar-refractivity contribution in [1.29, 1.82) is 0 Å². The second kappa shape index (κ2) is 6.29. The maximum absolute atomic E-state index is 11.4. The van der Waals surface area contributed by atoms with Gasteiger partial charge in [-0.3, -0.25) is 0 Å². The van der Waals surface area contributed by atoms with Gasteiger partial charge in [0.2, 0.25) is 15.8 Å². The molecule has 0 radical (unpaired) electrons. The maximum Gasteiger partial charge on any atom is 0.324 e. The second-order valence-corrected chi connectivity index (χ2v) is 7.72. The number of hydrogen-bond acceptors (Lipinski definition) is 6. The SMILES string of the molecule is Cc1ccc(-c2noc(N3CCCC(NS(C)(=O)=O)C3)n2)cc1. The first-order valence-electron chi connectivity index (χ1n) is 7.54. The van der Waals surface area contributed by atoms with Crippen LogP contribution in [0.5, 0.6) is 0 Å². The molecule has 8 heteroatoms. The number of rotatable bonds is 4. The van der Waals surface area contributed by atoms with Crippen molar-refractivity contribution >= 4 is 16.0 Å². The van der Waals surface area contributed by atoms with Crippen LogP contribution in [0.4, 0.5) is 6.01 Å². The molecule has 2 aromatic rings. The summed E-state index contributed by atoms with van der Waals surface area (Å²) in [4.78, 5) is 6.36. The standard InChI is InChI=1S/C15H20N4O3S/c1-11-5-7-12(8-6-11)14-16-15(22-17-14)19-9-3-4-13(10-19)18-23(2,20)21/h5-8,13,18H,3-4,9-10H2,1-2H3. The van der Waals surface area contributed by atoms with E-state index in [0.29, 0.717) is 18.4 Å². The van der Waals surface area contributed by atoms with Crippen molar-refractivity contribution in [1.82, 2.24) is 14.9 Å². The van der Waals surface area contributed by atoms with Crippen molar-refractivity contribution < 1.29 is 12.9 Å². The molecule has 1 atom stereocenters. The largest absolute Gasteiger partial charge is 0.324 e. The first-order valence-corrected chi connectivity index (χ1v) is 9.43. The molecule has 7 nitrogen and oxygen atoms in total. The Morgan fingerprint density at radius 1 is 1.30 bits per heavy atom. The average molecular weight is 336 g/mol. The molecule has 0 amide bonds. The lowest BCUT2D eigenvalue weighted by Crippen LogP contribution is -2.47. The van der Waals surface area contributed by atoms with E-state index in [1.165, 1.54) is 11.8 Å². The molecule has 0 bridgehead atoms. The summed E-state index contributed by atoms with van der Waals surface area (Å²) < 4.78 is 30.8. The van der Waals surface area contributed by atoms with Gasteiger partial charge in [-0.25, -0.2) is 13.1 Å². The van der Waals surface area contributed by atoms with E-state index >= 15 is 0 Å². The van der Waals surface area contributed by atoms with Crippen LogP contribution >= 0.6 is 0 Å². The van der Waals surface area contributed by atoms with Gasteiger partial charge in [0, 0.05) is 24.7 Å². The highest BCUT2D eigenvalue weighted by molar-refractivity contribution is 7.88. The van der Waals surface area contributed by atoms with Gasteiger partial charge in [0.25, 0.3) is 0 Å². The Kier molecular flexibility index (Phi) is 4.36. The molecule has 1 aromatic heterocycles. The minimum atomic E-state index is -3.21. The Hall–Kier alpha value is -1.93. The zero-order valence-corrected chi connectivity index (χ0v) is 14.0. The van der Waals surface area contributed by atoms with Crippen molar-refractivity contribution in [3.05, 3.63) is 29.8 Å². The molecular formula is C15H20N4O3S. The Labute approximate surface area is 135 Å². The molecule has 0 aliphatic carbocycles. The fraction of sp³-hybridized carbons (Fsp3) is 0.467. The summed E-state index contributed by atoms with van der Waals surface area (Å²) in [5, 5.41) is 4.02. The van der Waals surface area contributed by atoms with Gasteiger partial charge in [0.1, 0.15) is 0 Å². The Morgan fingerprint density at radius 3 is 2.74 bits per heavy atom. The van der Waals surface area contributed by atoms with Crippen molar-refractivity contribution in [3.8, 4) is 11.4 Å². The average Bonchev–Trinajstić information content (AvgIpc) is 2.96. The molecule has 1 saturated heterocycles. The van der Waals surface area contributed by atoms with Gasteiger partial charge in [-0.1, -0.05) is 35.0 Å². The third-order valence-electron chi connectivity index (χ3n) is 3.80. The topological polar surface area (TPSA) is 88.3 Å². The zero-order chi connectivity index (χ0) is 16.4. The fourth-order valence-corrected chi connectivity index (χ4v) is 3.51. The van der Waals surface area contributed by atoms with E-state index < -0.39 is 10.0 Å². The van der Waals surface area contributed by atoms with Crippen LogP contribution in [0.2, 0.25) is 0 Å². The number of nitrogens with one attached hydrogen (secondary N) is 1. The monoisotopic (exact) mass is 336 g/mol. The lowest BCUT2D eigenvalue weighted by molar-refractivity contribution is 0.387. The molecule has 3 rings (SSSR count). The first-order chi connectivity index (χ1) is 10.9. The lowest BCUT2D eigenvalue weighted by atomic mass is 10.1. The summed E-state index contributed by atoms with van der Waals surface area (Å²) >= 11 is 0. The number of sulfonamides is 1. The number of aryl methyl sites for hydroxylation is 1. The normalized spacial score (nSPS) is 19.0. The molecule has 1 aliphatic rings. The van der Waals surface area contributed by atoms with Crippen molar-refractivity contribution in [2.75, 3.05) is 24.2 Å². The van der Waals surface area contributed by atoms with Crippen LogP contribution in [0.15, 0.2) is 28.8 Å². The van der Waals surface area contributed by atoms with Gasteiger partial charge in [-0.05, 0) is 19.8 Å².